The molecule has 0 aromatic heterocycles. The Morgan fingerprint density at radius 1 is 1.42 bits per heavy atom. The van der Waals surface area contributed by atoms with Crippen LogP contribution in [0.2, 0.25) is 0 Å². The number of quaternary nitrogens is 1. The molecular formula is C9H10N2O. The Morgan fingerprint density at radius 2 is 2.08 bits per heavy atom. The average Bonchev–Trinajstić information content (AvgIpc) is 2.33. The number of benzene rings is 1. The number of amides is 2. The topological polar surface area (TPSA) is 24.8 Å². The van der Waals surface area contributed by atoms with Crippen molar-refractivity contribution in [2.75, 3.05) is 11.9 Å². The molecular weight excluding hydrogens is 152 g/mol. The molecule has 0 radical (unpaired) electrons. The molecule has 1 heterocycles. The lowest BCUT2D eigenvalue weighted by Gasteiger charge is -2.09. The Morgan fingerprint density at radius 3 is 2.75 bits per heavy atom. The van der Waals surface area contributed by atoms with Crippen molar-refractivity contribution >= 4 is 17.4 Å². The van der Waals surface area contributed by atoms with Crippen molar-refractivity contribution in [3.05, 3.63) is 31.3 Å². The first-order valence-corrected chi connectivity index (χ1v) is 3.78. The fourth-order valence-corrected chi connectivity index (χ4v) is 1.45. The van der Waals surface area contributed by atoms with Gasteiger partial charge in [-0.3, -0.25) is 4.90 Å². The maximum atomic E-state index is 11.4. The van der Waals surface area contributed by atoms with Crippen molar-refractivity contribution in [2.24, 2.45) is 0 Å². The van der Waals surface area contributed by atoms with Gasteiger partial charge in [-0.05, 0) is 12.1 Å². The Hall–Kier alpha value is -1.35. The van der Waals surface area contributed by atoms with Crippen LogP contribution in [-0.4, -0.2) is 13.1 Å². The molecule has 62 valence electrons. The van der Waals surface area contributed by atoms with Crippen LogP contribution in [0.4, 0.5) is 16.2 Å². The second kappa shape index (κ2) is 2.32. The predicted molar refractivity (Wildman–Crippen MR) is 46.2 cm³/mol. The maximum Gasteiger partial charge on any atom is 0.400 e. The van der Waals surface area contributed by atoms with Gasteiger partial charge in [-0.2, -0.15) is 0 Å². The van der Waals surface area contributed by atoms with Crippen molar-refractivity contribution in [1.82, 2.24) is 0 Å². The predicted octanol–water partition coefficient (Wildman–Crippen LogP) is 0.564. The molecule has 3 nitrogen and oxygen atoms in total. The number of carbonyl (C=O) groups excluding carboxylic acids is 1. The van der Waals surface area contributed by atoms with E-state index in [4.69, 9.17) is 0 Å². The van der Waals surface area contributed by atoms with Gasteiger partial charge in [0.1, 0.15) is 11.4 Å². The molecule has 1 aliphatic rings. The quantitative estimate of drug-likeness (QED) is 0.554. The van der Waals surface area contributed by atoms with Crippen LogP contribution in [0.5, 0.6) is 0 Å². The monoisotopic (exact) mass is 162 g/mol. The van der Waals surface area contributed by atoms with E-state index in [-0.39, 0.29) is 6.03 Å². The van der Waals surface area contributed by atoms with Crippen LogP contribution in [-0.2, 0) is 0 Å². The zero-order valence-electron chi connectivity index (χ0n) is 6.87. The van der Waals surface area contributed by atoms with Gasteiger partial charge >= 0.3 is 6.03 Å². The lowest BCUT2D eigenvalue weighted by atomic mass is 10.3. The van der Waals surface area contributed by atoms with Crippen LogP contribution in [0.15, 0.2) is 24.3 Å². The molecule has 1 N–H and O–H groups in total. The molecule has 12 heavy (non-hydrogen) atoms. The summed E-state index contributed by atoms with van der Waals surface area (Å²) in [7, 11) is 5.50. The van der Waals surface area contributed by atoms with E-state index >= 15 is 0 Å². The largest absolute Gasteiger partial charge is 0.400 e. The molecule has 1 aromatic carbocycles. The molecule has 0 bridgehead atoms. The Balaban J connectivity index is 2.59. The minimum absolute atomic E-state index is 0.00352. The highest BCUT2D eigenvalue weighted by Crippen LogP contribution is 2.24. The van der Waals surface area contributed by atoms with Crippen LogP contribution >= 0.6 is 0 Å². The van der Waals surface area contributed by atoms with Gasteiger partial charge in [-0.25, -0.2) is 4.79 Å². The van der Waals surface area contributed by atoms with E-state index < -0.39 is 0 Å². The molecule has 0 fully saturated rings. The van der Waals surface area contributed by atoms with E-state index in [0.717, 1.165) is 11.4 Å². The van der Waals surface area contributed by atoms with Gasteiger partial charge in [0.2, 0.25) is 0 Å². The summed E-state index contributed by atoms with van der Waals surface area (Å²) >= 11 is 0. The highest BCUT2D eigenvalue weighted by molar-refractivity contribution is 5.95. The summed E-state index contributed by atoms with van der Waals surface area (Å²) in [4.78, 5) is 13.6. The number of fused-ring (bicyclic) bond motifs is 1. The summed E-state index contributed by atoms with van der Waals surface area (Å²) in [5, 5.41) is 0. The van der Waals surface area contributed by atoms with E-state index in [1.807, 2.05) is 24.3 Å². The highest BCUT2D eigenvalue weighted by atomic mass is 16.2. The highest BCUT2D eigenvalue weighted by Gasteiger charge is 2.30. The molecule has 1 aliphatic heterocycles. The maximum absolute atomic E-state index is 11.4. The van der Waals surface area contributed by atoms with Crippen LogP contribution < -0.4 is 9.80 Å². The molecule has 1 atom stereocenters. The van der Waals surface area contributed by atoms with Gasteiger partial charge in [0.25, 0.3) is 0 Å². The van der Waals surface area contributed by atoms with Crippen LogP contribution in [0.3, 0.4) is 0 Å². The normalized spacial score (nSPS) is 21.3. The minimum Gasteiger partial charge on any atom is -0.349 e. The average molecular weight is 162 g/mol. The van der Waals surface area contributed by atoms with Gasteiger partial charge < -0.3 is 4.90 Å². The summed E-state index contributed by atoms with van der Waals surface area (Å²) in [6, 6.07) is 7.67. The first kappa shape index (κ1) is 7.31. The van der Waals surface area contributed by atoms with E-state index in [1.54, 1.807) is 11.9 Å². The number of hydrogen-bond donors (Lipinski definition) is 1. The van der Waals surface area contributed by atoms with Crippen molar-refractivity contribution in [2.45, 2.75) is 0 Å². The molecule has 2 amide bonds. The number of anilines is 1. The molecule has 2 rings (SSSR count). The Kier molecular flexibility index (Phi) is 1.41. The number of nitrogens with zero attached hydrogens (tertiary/aromatic N) is 1. The van der Waals surface area contributed by atoms with Gasteiger partial charge in [0.15, 0.2) is 0 Å². The molecule has 1 unspecified atom stereocenters. The zero-order chi connectivity index (χ0) is 8.72. The van der Waals surface area contributed by atoms with Gasteiger partial charge in [-0.15, -0.1) is 7.05 Å². The Bertz CT molecular complexity index is 304. The number of nitrogens with one attached hydrogen (secondary N) is 1. The number of urea groups is 1. The molecule has 0 saturated heterocycles. The van der Waals surface area contributed by atoms with Crippen LogP contribution in [0, 0.1) is 7.05 Å². The van der Waals surface area contributed by atoms with E-state index in [2.05, 4.69) is 7.05 Å². The molecule has 1 aromatic rings. The van der Waals surface area contributed by atoms with E-state index in [9.17, 15) is 4.79 Å². The van der Waals surface area contributed by atoms with Gasteiger partial charge in [-0.1, -0.05) is 12.1 Å². The molecule has 0 saturated carbocycles. The summed E-state index contributed by atoms with van der Waals surface area (Å²) in [5.74, 6) is 0. The second-order valence-electron chi connectivity index (χ2n) is 2.86. The summed E-state index contributed by atoms with van der Waals surface area (Å²) in [6.45, 7) is 0. The van der Waals surface area contributed by atoms with E-state index in [0.29, 0.717) is 4.90 Å². The van der Waals surface area contributed by atoms with Crippen LogP contribution in [0.25, 0.3) is 0 Å². The summed E-state index contributed by atoms with van der Waals surface area (Å²) in [5.41, 5.74) is 1.90. The number of rotatable bonds is 0. The molecule has 3 heteroatoms. The lowest BCUT2D eigenvalue weighted by Crippen LogP contribution is -3.04. The number of hydrogen-bond acceptors (Lipinski definition) is 1. The van der Waals surface area contributed by atoms with E-state index in [1.165, 1.54) is 0 Å². The standard InChI is InChI=1S/C9H10N2O/c1-10-7-5-3-4-6-8(7)11(2)9(10)12/h3-6,10H,1H2,2H3. The fourth-order valence-electron chi connectivity index (χ4n) is 1.45. The first-order valence-electron chi connectivity index (χ1n) is 3.78. The third kappa shape index (κ3) is 0.769. The SMILES string of the molecule is [CH2-][NH+]1C(=O)N(C)c2ccccc21. The van der Waals surface area contributed by atoms with Gasteiger partial charge in [0.05, 0.1) is 0 Å². The van der Waals surface area contributed by atoms with Crippen molar-refractivity contribution in [1.29, 1.82) is 0 Å². The molecule has 0 aliphatic carbocycles. The van der Waals surface area contributed by atoms with Crippen molar-refractivity contribution in [3.63, 3.8) is 0 Å². The number of carbonyl (C=O) groups is 1. The lowest BCUT2D eigenvalue weighted by molar-refractivity contribution is -0.680. The smallest absolute Gasteiger partial charge is 0.349 e. The second-order valence-corrected chi connectivity index (χ2v) is 2.86. The first-order chi connectivity index (χ1) is 5.72. The van der Waals surface area contributed by atoms with Crippen LogP contribution in [0.1, 0.15) is 0 Å². The zero-order valence-corrected chi connectivity index (χ0v) is 6.87. The Labute approximate surface area is 71.2 Å². The summed E-state index contributed by atoms with van der Waals surface area (Å²) < 4.78 is 0. The fraction of sp³-hybridized carbons (Fsp3) is 0.111. The number of para-hydroxylation sites is 2. The third-order valence-electron chi connectivity index (χ3n) is 2.15. The van der Waals surface area contributed by atoms with Gasteiger partial charge in [0, 0.05) is 7.05 Å². The third-order valence-corrected chi connectivity index (χ3v) is 2.15. The molecule has 0 spiro atoms. The van der Waals surface area contributed by atoms with Crippen molar-refractivity contribution in [3.8, 4) is 0 Å². The van der Waals surface area contributed by atoms with Crippen molar-refractivity contribution < 1.29 is 9.69 Å². The minimum atomic E-state index is -0.00352. The summed E-state index contributed by atoms with van der Waals surface area (Å²) in [6.07, 6.45) is 0.